The van der Waals surface area contributed by atoms with E-state index in [1.54, 1.807) is 0 Å². The summed E-state index contributed by atoms with van der Waals surface area (Å²) in [6, 6.07) is 2.09. The Hall–Kier alpha value is -1.04. The number of piperidine rings is 1. The van der Waals surface area contributed by atoms with Gasteiger partial charge in [0.25, 0.3) is 0 Å². The standard InChI is InChI=1S/C16H28N2O/c1-12(6-9-17)15(19)18-10-7-14(8-11-18)13(2)16(3,4)5/h12-14H,6-8,10-11H2,1-5H3/t12-,13+/m0/s1. The highest BCUT2D eigenvalue weighted by atomic mass is 16.2. The van der Waals surface area contributed by atoms with Gasteiger partial charge in [-0.2, -0.15) is 5.26 Å². The summed E-state index contributed by atoms with van der Waals surface area (Å²) in [4.78, 5) is 14.1. The molecule has 1 rings (SSSR count). The Morgan fingerprint density at radius 3 is 2.26 bits per heavy atom. The van der Waals surface area contributed by atoms with Gasteiger partial charge in [0.2, 0.25) is 5.91 Å². The number of likely N-dealkylation sites (tertiary alicyclic amines) is 1. The first-order valence-corrected chi connectivity index (χ1v) is 7.43. The Morgan fingerprint density at radius 1 is 1.32 bits per heavy atom. The van der Waals surface area contributed by atoms with Crippen LogP contribution < -0.4 is 0 Å². The molecule has 3 nitrogen and oxygen atoms in total. The van der Waals surface area contributed by atoms with E-state index in [0.29, 0.717) is 17.8 Å². The molecular formula is C16H28N2O. The van der Waals surface area contributed by atoms with Crippen molar-refractivity contribution in [2.24, 2.45) is 23.2 Å². The van der Waals surface area contributed by atoms with Gasteiger partial charge in [0.15, 0.2) is 0 Å². The molecule has 1 saturated heterocycles. The van der Waals surface area contributed by atoms with Crippen LogP contribution in [0.2, 0.25) is 0 Å². The molecule has 0 N–H and O–H groups in total. The lowest BCUT2D eigenvalue weighted by molar-refractivity contribution is -0.136. The first-order valence-electron chi connectivity index (χ1n) is 7.43. The number of nitrogens with zero attached hydrogens (tertiary/aromatic N) is 2. The third-order valence-electron chi connectivity index (χ3n) is 4.74. The van der Waals surface area contributed by atoms with Crippen LogP contribution in [-0.4, -0.2) is 23.9 Å². The first-order chi connectivity index (χ1) is 8.77. The van der Waals surface area contributed by atoms with Crippen LogP contribution in [-0.2, 0) is 4.79 Å². The van der Waals surface area contributed by atoms with E-state index in [1.807, 2.05) is 11.8 Å². The Balaban J connectivity index is 2.50. The quantitative estimate of drug-likeness (QED) is 0.783. The highest BCUT2D eigenvalue weighted by Crippen LogP contribution is 2.37. The molecule has 19 heavy (non-hydrogen) atoms. The van der Waals surface area contributed by atoms with Crippen molar-refractivity contribution in [3.63, 3.8) is 0 Å². The summed E-state index contributed by atoms with van der Waals surface area (Å²) < 4.78 is 0. The minimum Gasteiger partial charge on any atom is -0.342 e. The Kier molecular flexibility index (Phi) is 5.40. The number of nitriles is 1. The maximum atomic E-state index is 12.1. The van der Waals surface area contributed by atoms with Gasteiger partial charge in [-0.3, -0.25) is 4.79 Å². The monoisotopic (exact) mass is 264 g/mol. The fourth-order valence-corrected chi connectivity index (χ4v) is 2.86. The van der Waals surface area contributed by atoms with Crippen molar-refractivity contribution in [3.8, 4) is 6.07 Å². The van der Waals surface area contributed by atoms with Crippen LogP contribution in [0.15, 0.2) is 0 Å². The van der Waals surface area contributed by atoms with E-state index < -0.39 is 0 Å². The third kappa shape index (κ3) is 4.23. The van der Waals surface area contributed by atoms with Gasteiger partial charge in [-0.1, -0.05) is 34.6 Å². The van der Waals surface area contributed by atoms with E-state index in [0.717, 1.165) is 31.8 Å². The molecule has 1 fully saturated rings. The maximum absolute atomic E-state index is 12.1. The number of hydrogen-bond acceptors (Lipinski definition) is 2. The summed E-state index contributed by atoms with van der Waals surface area (Å²) >= 11 is 0. The lowest BCUT2D eigenvalue weighted by Crippen LogP contribution is -2.43. The van der Waals surface area contributed by atoms with E-state index >= 15 is 0 Å². The Morgan fingerprint density at radius 2 is 1.84 bits per heavy atom. The smallest absolute Gasteiger partial charge is 0.226 e. The number of amides is 1. The Bertz CT molecular complexity index is 343. The van der Waals surface area contributed by atoms with Crippen molar-refractivity contribution in [2.75, 3.05) is 13.1 Å². The average Bonchev–Trinajstić information content (AvgIpc) is 2.36. The van der Waals surface area contributed by atoms with Gasteiger partial charge in [-0.05, 0) is 30.1 Å². The fraction of sp³-hybridized carbons (Fsp3) is 0.875. The molecule has 0 spiro atoms. The molecule has 1 aliphatic heterocycles. The lowest BCUT2D eigenvalue weighted by Gasteiger charge is -2.40. The van der Waals surface area contributed by atoms with Crippen LogP contribution in [0.25, 0.3) is 0 Å². The number of carbonyl (C=O) groups excluding carboxylic acids is 1. The van der Waals surface area contributed by atoms with Crippen LogP contribution in [0.4, 0.5) is 0 Å². The minimum absolute atomic E-state index is 0.151. The van der Waals surface area contributed by atoms with Gasteiger partial charge in [-0.15, -0.1) is 0 Å². The van der Waals surface area contributed by atoms with Crippen molar-refractivity contribution in [3.05, 3.63) is 0 Å². The van der Waals surface area contributed by atoms with Gasteiger partial charge >= 0.3 is 0 Å². The molecule has 3 heteroatoms. The molecule has 0 aromatic carbocycles. The predicted octanol–water partition coefficient (Wildman–Crippen LogP) is 3.46. The van der Waals surface area contributed by atoms with Crippen LogP contribution >= 0.6 is 0 Å². The van der Waals surface area contributed by atoms with Crippen LogP contribution in [0.3, 0.4) is 0 Å². The van der Waals surface area contributed by atoms with Crippen molar-refractivity contribution in [1.82, 2.24) is 4.90 Å². The highest BCUT2D eigenvalue weighted by molar-refractivity contribution is 5.78. The highest BCUT2D eigenvalue weighted by Gasteiger charge is 2.32. The second-order valence-corrected chi connectivity index (χ2v) is 7.08. The zero-order valence-corrected chi connectivity index (χ0v) is 13.1. The van der Waals surface area contributed by atoms with E-state index in [4.69, 9.17) is 5.26 Å². The normalized spacial score (nSPS) is 20.7. The van der Waals surface area contributed by atoms with Crippen molar-refractivity contribution in [2.45, 2.75) is 53.9 Å². The zero-order valence-electron chi connectivity index (χ0n) is 13.1. The predicted molar refractivity (Wildman–Crippen MR) is 77.3 cm³/mol. The van der Waals surface area contributed by atoms with E-state index in [-0.39, 0.29) is 11.8 Å². The molecule has 0 aromatic rings. The van der Waals surface area contributed by atoms with Gasteiger partial charge < -0.3 is 4.90 Å². The molecule has 1 heterocycles. The summed E-state index contributed by atoms with van der Waals surface area (Å²) in [5, 5.41) is 8.67. The maximum Gasteiger partial charge on any atom is 0.226 e. The minimum atomic E-state index is -0.151. The fourth-order valence-electron chi connectivity index (χ4n) is 2.86. The zero-order chi connectivity index (χ0) is 14.6. The number of hydrogen-bond donors (Lipinski definition) is 0. The molecule has 0 aromatic heterocycles. The summed E-state index contributed by atoms with van der Waals surface area (Å²) in [7, 11) is 0. The van der Waals surface area contributed by atoms with Gasteiger partial charge in [0.1, 0.15) is 0 Å². The van der Waals surface area contributed by atoms with E-state index in [9.17, 15) is 4.79 Å². The van der Waals surface area contributed by atoms with E-state index in [2.05, 4.69) is 33.8 Å². The summed E-state index contributed by atoms with van der Waals surface area (Å²) in [5.41, 5.74) is 0.338. The second kappa shape index (κ2) is 6.41. The summed E-state index contributed by atoms with van der Waals surface area (Å²) in [6.45, 7) is 12.8. The van der Waals surface area contributed by atoms with Crippen LogP contribution in [0, 0.1) is 34.5 Å². The van der Waals surface area contributed by atoms with Gasteiger partial charge in [0, 0.05) is 25.4 Å². The van der Waals surface area contributed by atoms with Crippen molar-refractivity contribution >= 4 is 5.91 Å². The number of carbonyl (C=O) groups is 1. The molecule has 0 aliphatic carbocycles. The molecular weight excluding hydrogens is 236 g/mol. The SMILES string of the molecule is C[C@H](C1CCN(C(=O)[C@@H](C)CC#N)CC1)C(C)(C)C. The molecule has 1 amide bonds. The summed E-state index contributed by atoms with van der Waals surface area (Å²) in [6.07, 6.45) is 2.53. The summed E-state index contributed by atoms with van der Waals surface area (Å²) in [5.74, 6) is 1.40. The average molecular weight is 264 g/mol. The van der Waals surface area contributed by atoms with Gasteiger partial charge in [0.05, 0.1) is 6.07 Å². The largest absolute Gasteiger partial charge is 0.342 e. The molecule has 0 bridgehead atoms. The topological polar surface area (TPSA) is 44.1 Å². The van der Waals surface area contributed by atoms with Crippen LogP contribution in [0.5, 0.6) is 0 Å². The molecule has 1 aliphatic rings. The molecule has 0 unspecified atom stereocenters. The van der Waals surface area contributed by atoms with Crippen molar-refractivity contribution in [1.29, 1.82) is 5.26 Å². The van der Waals surface area contributed by atoms with Gasteiger partial charge in [-0.25, -0.2) is 0 Å². The lowest BCUT2D eigenvalue weighted by atomic mass is 9.71. The van der Waals surface area contributed by atoms with Crippen molar-refractivity contribution < 1.29 is 4.79 Å². The van der Waals surface area contributed by atoms with E-state index in [1.165, 1.54) is 0 Å². The first kappa shape index (κ1) is 16.0. The second-order valence-electron chi connectivity index (χ2n) is 7.08. The molecule has 0 radical (unpaired) electrons. The molecule has 2 atom stereocenters. The molecule has 108 valence electrons. The molecule has 0 saturated carbocycles. The third-order valence-corrected chi connectivity index (χ3v) is 4.74. The Labute approximate surface area is 118 Å². The van der Waals surface area contributed by atoms with Crippen LogP contribution in [0.1, 0.15) is 53.9 Å². The number of rotatable bonds is 3.